The molecule has 0 radical (unpaired) electrons. The van der Waals surface area contributed by atoms with Gasteiger partial charge in [-0.2, -0.15) is 8.78 Å². The van der Waals surface area contributed by atoms with E-state index >= 15 is 0 Å². The van der Waals surface area contributed by atoms with Crippen molar-refractivity contribution in [3.05, 3.63) is 70.3 Å². The van der Waals surface area contributed by atoms with Crippen LogP contribution in [0.15, 0.2) is 30.3 Å². The summed E-state index contributed by atoms with van der Waals surface area (Å²) in [7, 11) is 0. The molecule has 1 aliphatic carbocycles. The van der Waals surface area contributed by atoms with Gasteiger partial charge in [0.05, 0.1) is 11.7 Å². The average Bonchev–Trinajstić information content (AvgIpc) is 2.77. The van der Waals surface area contributed by atoms with Crippen molar-refractivity contribution >= 4 is 0 Å². The second-order valence-electron chi connectivity index (χ2n) is 9.03. The molecule has 0 N–H and O–H groups in total. The topological polar surface area (TPSA) is 9.23 Å². The van der Waals surface area contributed by atoms with Gasteiger partial charge in [-0.15, -0.1) is 0 Å². The lowest BCUT2D eigenvalue weighted by Gasteiger charge is -2.29. The molecule has 0 aliphatic heterocycles. The van der Waals surface area contributed by atoms with E-state index in [1.807, 2.05) is 0 Å². The Kier molecular flexibility index (Phi) is 8.48. The highest BCUT2D eigenvalue weighted by Gasteiger charge is 2.39. The lowest BCUT2D eigenvalue weighted by Crippen LogP contribution is -2.22. The Morgan fingerprint density at radius 3 is 2.12 bits per heavy atom. The maximum atomic E-state index is 14.7. The molecule has 1 aliphatic rings. The summed E-state index contributed by atoms with van der Waals surface area (Å²) in [6, 6.07) is 4.81. The summed E-state index contributed by atoms with van der Waals surface area (Å²) < 4.78 is 88.7. The van der Waals surface area contributed by atoms with Gasteiger partial charge in [0.2, 0.25) is 0 Å². The lowest BCUT2D eigenvalue weighted by molar-refractivity contribution is -0.273. The van der Waals surface area contributed by atoms with Crippen LogP contribution in [0.5, 0.6) is 0 Å². The van der Waals surface area contributed by atoms with Crippen LogP contribution in [0, 0.1) is 29.2 Å². The zero-order valence-electron chi connectivity index (χ0n) is 19.0. The van der Waals surface area contributed by atoms with E-state index in [0.29, 0.717) is 23.6 Å². The Hall–Kier alpha value is -2.02. The number of ether oxygens (including phenoxy) is 1. The highest BCUT2D eigenvalue weighted by Crippen LogP contribution is 2.41. The van der Waals surface area contributed by atoms with Crippen molar-refractivity contribution in [3.63, 3.8) is 0 Å². The van der Waals surface area contributed by atoms with Crippen LogP contribution >= 0.6 is 0 Å². The molecule has 0 spiro atoms. The molecule has 1 saturated carbocycles. The Labute approximate surface area is 191 Å². The molecule has 3 rings (SSSR count). The Balaban J connectivity index is 1.66. The predicted octanol–water partition coefficient (Wildman–Crippen LogP) is 8.92. The maximum Gasteiger partial charge on any atom is 0.386 e. The summed E-state index contributed by atoms with van der Waals surface area (Å²) in [5.74, 6) is -5.01. The molecule has 0 saturated heterocycles. The first-order valence-corrected chi connectivity index (χ1v) is 11.6. The van der Waals surface area contributed by atoms with Crippen molar-refractivity contribution in [2.45, 2.75) is 83.3 Å². The van der Waals surface area contributed by atoms with Gasteiger partial charge in [-0.25, -0.2) is 17.6 Å². The molecule has 0 bridgehead atoms. The smallest absolute Gasteiger partial charge is 0.309 e. The first-order valence-electron chi connectivity index (χ1n) is 11.6. The van der Waals surface area contributed by atoms with Crippen LogP contribution in [0.25, 0.3) is 0 Å². The minimum Gasteiger partial charge on any atom is -0.309 e. The summed E-state index contributed by atoms with van der Waals surface area (Å²) in [6.45, 7) is 3.30. The largest absolute Gasteiger partial charge is 0.386 e. The van der Waals surface area contributed by atoms with Crippen LogP contribution in [0.3, 0.4) is 0 Å². The minimum absolute atomic E-state index is 0.134. The monoisotopic (exact) mass is 472 g/mol. The van der Waals surface area contributed by atoms with E-state index in [1.165, 1.54) is 31.7 Å². The van der Waals surface area contributed by atoms with Gasteiger partial charge >= 0.3 is 6.11 Å². The molecular weight excluding hydrogens is 442 g/mol. The van der Waals surface area contributed by atoms with Gasteiger partial charge in [0.1, 0.15) is 5.82 Å². The Morgan fingerprint density at radius 2 is 1.55 bits per heavy atom. The van der Waals surface area contributed by atoms with Gasteiger partial charge in [-0.1, -0.05) is 38.7 Å². The van der Waals surface area contributed by atoms with Crippen LogP contribution in [0.4, 0.5) is 26.3 Å². The van der Waals surface area contributed by atoms with Crippen LogP contribution < -0.4 is 0 Å². The van der Waals surface area contributed by atoms with E-state index in [0.717, 1.165) is 44.7 Å². The first-order chi connectivity index (χ1) is 15.6. The normalized spacial score (nSPS) is 20.1. The third-order valence-corrected chi connectivity index (χ3v) is 6.64. The van der Waals surface area contributed by atoms with E-state index in [2.05, 4.69) is 11.7 Å². The molecule has 2 aromatic carbocycles. The predicted molar refractivity (Wildman–Crippen MR) is 115 cm³/mol. The third kappa shape index (κ3) is 6.31. The maximum absolute atomic E-state index is 14.7. The van der Waals surface area contributed by atoms with Gasteiger partial charge in [0.25, 0.3) is 0 Å². The van der Waals surface area contributed by atoms with Crippen LogP contribution in [-0.4, -0.2) is 0 Å². The third-order valence-electron chi connectivity index (χ3n) is 6.64. The standard InChI is InChI=1S/C26H30F6O/c1-3-4-5-6-17-7-9-18(10-8-17)19-11-12-21(22(27)13-19)26(31,32)33-16(2)20-14-23(28)25(30)24(29)15-20/h11-18H,3-10H2,1-2H3. The van der Waals surface area contributed by atoms with Crippen molar-refractivity contribution in [2.24, 2.45) is 5.92 Å². The molecule has 2 aromatic rings. The number of rotatable bonds is 9. The number of halogens is 6. The molecule has 1 unspecified atom stereocenters. The van der Waals surface area contributed by atoms with Crippen LogP contribution in [0.2, 0.25) is 0 Å². The van der Waals surface area contributed by atoms with Crippen molar-refractivity contribution in [1.82, 2.24) is 0 Å². The number of hydrogen-bond donors (Lipinski definition) is 0. The number of benzene rings is 2. The van der Waals surface area contributed by atoms with Crippen molar-refractivity contribution in [1.29, 1.82) is 0 Å². The molecule has 0 amide bonds. The van der Waals surface area contributed by atoms with Gasteiger partial charge in [-0.05, 0) is 79.8 Å². The molecule has 0 heterocycles. The van der Waals surface area contributed by atoms with E-state index in [4.69, 9.17) is 0 Å². The molecule has 33 heavy (non-hydrogen) atoms. The summed E-state index contributed by atoms with van der Waals surface area (Å²) in [5.41, 5.74) is -0.581. The fourth-order valence-corrected chi connectivity index (χ4v) is 4.65. The van der Waals surface area contributed by atoms with E-state index < -0.39 is 41.0 Å². The fraction of sp³-hybridized carbons (Fsp3) is 0.538. The quantitative estimate of drug-likeness (QED) is 0.201. The second kappa shape index (κ2) is 10.9. The zero-order valence-corrected chi connectivity index (χ0v) is 19.0. The molecule has 7 heteroatoms. The SMILES string of the molecule is CCCCCC1CCC(c2ccc(C(F)(F)OC(C)c3cc(F)c(F)c(F)c3)c(F)c2)CC1. The molecule has 0 aromatic heterocycles. The number of unbranched alkanes of at least 4 members (excludes halogenated alkanes) is 2. The molecule has 182 valence electrons. The summed E-state index contributed by atoms with van der Waals surface area (Å²) in [6.07, 6.45) is 3.21. The zero-order chi connectivity index (χ0) is 24.2. The van der Waals surface area contributed by atoms with Gasteiger partial charge in [0, 0.05) is 0 Å². The minimum atomic E-state index is -4.04. The van der Waals surface area contributed by atoms with Crippen molar-refractivity contribution in [2.75, 3.05) is 0 Å². The van der Waals surface area contributed by atoms with Crippen LogP contribution in [0.1, 0.15) is 93.9 Å². The summed E-state index contributed by atoms with van der Waals surface area (Å²) >= 11 is 0. The molecular formula is C26H30F6O. The molecule has 1 nitrogen and oxygen atoms in total. The Bertz CT molecular complexity index is 913. The van der Waals surface area contributed by atoms with E-state index in [9.17, 15) is 26.3 Å². The lowest BCUT2D eigenvalue weighted by atomic mass is 9.77. The van der Waals surface area contributed by atoms with Gasteiger partial charge in [-0.3, -0.25) is 0 Å². The molecule has 1 fully saturated rings. The Morgan fingerprint density at radius 1 is 0.909 bits per heavy atom. The highest BCUT2D eigenvalue weighted by atomic mass is 19.3. The van der Waals surface area contributed by atoms with Crippen LogP contribution in [-0.2, 0) is 10.8 Å². The van der Waals surface area contributed by atoms with Crippen molar-refractivity contribution < 1.29 is 31.1 Å². The first kappa shape index (κ1) is 25.6. The molecule has 1 atom stereocenters. The summed E-state index contributed by atoms with van der Waals surface area (Å²) in [5, 5.41) is 0. The highest BCUT2D eigenvalue weighted by molar-refractivity contribution is 5.29. The summed E-state index contributed by atoms with van der Waals surface area (Å²) in [4.78, 5) is 0. The fourth-order valence-electron chi connectivity index (χ4n) is 4.65. The average molecular weight is 473 g/mol. The van der Waals surface area contributed by atoms with Gasteiger partial charge in [0.15, 0.2) is 17.5 Å². The number of hydrogen-bond acceptors (Lipinski definition) is 1. The van der Waals surface area contributed by atoms with Gasteiger partial charge < -0.3 is 4.74 Å². The van der Waals surface area contributed by atoms with E-state index in [-0.39, 0.29) is 11.5 Å². The van der Waals surface area contributed by atoms with E-state index in [1.54, 1.807) is 0 Å². The number of alkyl halides is 2. The van der Waals surface area contributed by atoms with Crippen molar-refractivity contribution in [3.8, 4) is 0 Å². The second-order valence-corrected chi connectivity index (χ2v) is 9.03.